The molecular formula is C18H19BrN2O2. The first-order valence-corrected chi connectivity index (χ1v) is 8.02. The highest BCUT2D eigenvalue weighted by atomic mass is 79.9. The molecular weight excluding hydrogens is 356 g/mol. The highest BCUT2D eigenvalue weighted by Gasteiger charge is 2.03. The average molecular weight is 375 g/mol. The van der Waals surface area contributed by atoms with Crippen molar-refractivity contribution in [2.45, 2.75) is 13.8 Å². The summed E-state index contributed by atoms with van der Waals surface area (Å²) in [5.41, 5.74) is 2.60. The highest BCUT2D eigenvalue weighted by Crippen LogP contribution is 2.18. The summed E-state index contributed by atoms with van der Waals surface area (Å²) in [7, 11) is 0. The Hall–Kier alpha value is -2.27. The third-order valence-corrected chi connectivity index (χ3v) is 3.46. The average Bonchev–Trinajstić information content (AvgIpc) is 2.49. The fourth-order valence-corrected chi connectivity index (χ4v) is 2.06. The van der Waals surface area contributed by atoms with Gasteiger partial charge in [0.15, 0.2) is 0 Å². The Morgan fingerprint density at radius 3 is 2.48 bits per heavy atom. The zero-order valence-corrected chi connectivity index (χ0v) is 14.7. The van der Waals surface area contributed by atoms with Crippen molar-refractivity contribution in [2.24, 2.45) is 0 Å². The van der Waals surface area contributed by atoms with E-state index in [1.54, 1.807) is 6.07 Å². The largest absolute Gasteiger partial charge is 0.489 e. The van der Waals surface area contributed by atoms with Gasteiger partial charge in [0.2, 0.25) is 0 Å². The Bertz CT molecular complexity index is 692. The van der Waals surface area contributed by atoms with Crippen molar-refractivity contribution in [3.05, 3.63) is 64.7 Å². The fraction of sp³-hybridized carbons (Fsp3) is 0.167. The lowest BCUT2D eigenvalue weighted by atomic mass is 10.3. The molecule has 2 aromatic carbocycles. The van der Waals surface area contributed by atoms with Crippen molar-refractivity contribution >= 4 is 33.3 Å². The van der Waals surface area contributed by atoms with Gasteiger partial charge in [0.25, 0.3) is 0 Å². The van der Waals surface area contributed by atoms with Gasteiger partial charge in [-0.1, -0.05) is 27.6 Å². The summed E-state index contributed by atoms with van der Waals surface area (Å²) in [6.07, 6.45) is 2.00. The molecule has 23 heavy (non-hydrogen) atoms. The number of urea groups is 1. The predicted octanol–water partition coefficient (Wildman–Crippen LogP) is 5.44. The van der Waals surface area contributed by atoms with Gasteiger partial charge >= 0.3 is 6.03 Å². The molecule has 0 radical (unpaired) electrons. The number of anilines is 2. The van der Waals surface area contributed by atoms with Crippen LogP contribution < -0.4 is 15.4 Å². The molecule has 0 aliphatic carbocycles. The van der Waals surface area contributed by atoms with E-state index in [-0.39, 0.29) is 6.03 Å². The van der Waals surface area contributed by atoms with Gasteiger partial charge in [0.1, 0.15) is 12.4 Å². The van der Waals surface area contributed by atoms with Crippen LogP contribution in [0.25, 0.3) is 0 Å². The van der Waals surface area contributed by atoms with E-state index in [1.807, 2.05) is 62.4 Å². The van der Waals surface area contributed by atoms with Crippen molar-refractivity contribution in [3.63, 3.8) is 0 Å². The second kappa shape index (κ2) is 8.39. The maximum Gasteiger partial charge on any atom is 0.323 e. The molecule has 0 unspecified atom stereocenters. The number of carbonyl (C=O) groups excluding carboxylic acids is 1. The molecule has 0 fully saturated rings. The molecule has 0 saturated heterocycles. The quantitative estimate of drug-likeness (QED) is 0.684. The van der Waals surface area contributed by atoms with Crippen LogP contribution >= 0.6 is 15.9 Å². The van der Waals surface area contributed by atoms with E-state index in [1.165, 1.54) is 5.57 Å². The number of ether oxygens (including phenoxy) is 1. The molecule has 2 N–H and O–H groups in total. The zero-order chi connectivity index (χ0) is 16.7. The summed E-state index contributed by atoms with van der Waals surface area (Å²) in [5.74, 6) is 0.712. The smallest absolute Gasteiger partial charge is 0.323 e. The third kappa shape index (κ3) is 6.16. The van der Waals surface area contributed by atoms with Crippen LogP contribution in [-0.2, 0) is 0 Å². The van der Waals surface area contributed by atoms with Crippen molar-refractivity contribution in [1.82, 2.24) is 0 Å². The number of hydrogen-bond donors (Lipinski definition) is 2. The van der Waals surface area contributed by atoms with Crippen LogP contribution in [0.1, 0.15) is 13.8 Å². The van der Waals surface area contributed by atoms with Crippen molar-refractivity contribution in [1.29, 1.82) is 0 Å². The molecule has 0 aliphatic heterocycles. The number of hydrogen-bond acceptors (Lipinski definition) is 2. The van der Waals surface area contributed by atoms with Crippen molar-refractivity contribution in [3.8, 4) is 5.75 Å². The van der Waals surface area contributed by atoms with Gasteiger partial charge in [-0.15, -0.1) is 0 Å². The van der Waals surface area contributed by atoms with Crippen LogP contribution in [-0.4, -0.2) is 12.6 Å². The molecule has 5 heteroatoms. The Kier molecular flexibility index (Phi) is 6.23. The summed E-state index contributed by atoms with van der Waals surface area (Å²) >= 11 is 3.36. The zero-order valence-electron chi connectivity index (χ0n) is 13.1. The summed E-state index contributed by atoms with van der Waals surface area (Å²) in [6, 6.07) is 14.4. The lowest BCUT2D eigenvalue weighted by molar-refractivity contribution is 0.262. The summed E-state index contributed by atoms with van der Waals surface area (Å²) in [6.45, 7) is 4.55. The van der Waals surface area contributed by atoms with E-state index in [2.05, 4.69) is 26.6 Å². The number of amides is 2. The van der Waals surface area contributed by atoms with Gasteiger partial charge in [-0.2, -0.15) is 0 Å². The van der Waals surface area contributed by atoms with Crippen LogP contribution in [0.5, 0.6) is 5.75 Å². The van der Waals surface area contributed by atoms with Crippen LogP contribution in [0.4, 0.5) is 16.2 Å². The predicted molar refractivity (Wildman–Crippen MR) is 98.2 cm³/mol. The molecule has 0 saturated carbocycles. The Labute approximate surface area is 144 Å². The number of allylic oxidation sites excluding steroid dienone is 1. The Morgan fingerprint density at radius 2 is 1.78 bits per heavy atom. The summed E-state index contributed by atoms with van der Waals surface area (Å²) in [5, 5.41) is 5.56. The molecule has 0 aromatic heterocycles. The van der Waals surface area contributed by atoms with Crippen molar-refractivity contribution < 1.29 is 9.53 Å². The van der Waals surface area contributed by atoms with Crippen LogP contribution in [0.3, 0.4) is 0 Å². The molecule has 0 spiro atoms. The SMILES string of the molecule is CC(C)=CCOc1cccc(NC(=O)Nc2ccc(Br)cc2)c1. The molecule has 0 bridgehead atoms. The first kappa shape index (κ1) is 17.1. The number of rotatable bonds is 5. The van der Waals surface area contributed by atoms with Crippen molar-refractivity contribution in [2.75, 3.05) is 17.2 Å². The van der Waals surface area contributed by atoms with Gasteiger partial charge < -0.3 is 15.4 Å². The maximum atomic E-state index is 12.0. The van der Waals surface area contributed by atoms with E-state index < -0.39 is 0 Å². The van der Waals surface area contributed by atoms with Crippen LogP contribution in [0.2, 0.25) is 0 Å². The van der Waals surface area contributed by atoms with Gasteiger partial charge in [-0.05, 0) is 56.3 Å². The van der Waals surface area contributed by atoms with E-state index in [0.717, 1.165) is 10.2 Å². The minimum Gasteiger partial charge on any atom is -0.489 e. The second-order valence-electron chi connectivity index (χ2n) is 5.21. The number of benzene rings is 2. The lowest BCUT2D eigenvalue weighted by Crippen LogP contribution is -2.19. The molecule has 2 aromatic rings. The molecule has 120 valence electrons. The number of nitrogens with one attached hydrogen (secondary N) is 2. The first-order valence-electron chi connectivity index (χ1n) is 7.23. The monoisotopic (exact) mass is 374 g/mol. The van der Waals surface area contributed by atoms with Gasteiger partial charge in [-0.25, -0.2) is 4.79 Å². The number of halogens is 1. The van der Waals surface area contributed by atoms with E-state index in [4.69, 9.17) is 4.74 Å². The first-order chi connectivity index (χ1) is 11.0. The normalized spacial score (nSPS) is 9.87. The minimum atomic E-state index is -0.297. The lowest BCUT2D eigenvalue weighted by Gasteiger charge is -2.09. The number of carbonyl (C=O) groups is 1. The maximum absolute atomic E-state index is 12.0. The molecule has 2 rings (SSSR count). The van der Waals surface area contributed by atoms with Gasteiger partial charge in [0.05, 0.1) is 0 Å². The molecule has 4 nitrogen and oxygen atoms in total. The van der Waals surface area contributed by atoms with Gasteiger partial charge in [0, 0.05) is 21.9 Å². The highest BCUT2D eigenvalue weighted by molar-refractivity contribution is 9.10. The standard InChI is InChI=1S/C18H19BrN2O2/c1-13(2)10-11-23-17-5-3-4-16(12-17)21-18(22)20-15-8-6-14(19)7-9-15/h3-10,12H,11H2,1-2H3,(H2,20,21,22). The molecule has 0 heterocycles. The summed E-state index contributed by atoms with van der Waals surface area (Å²) in [4.78, 5) is 12.0. The molecule has 0 aliphatic rings. The fourth-order valence-electron chi connectivity index (χ4n) is 1.79. The Morgan fingerprint density at radius 1 is 1.09 bits per heavy atom. The molecule has 0 atom stereocenters. The molecule has 2 amide bonds. The summed E-state index contributed by atoms with van der Waals surface area (Å²) < 4.78 is 6.58. The third-order valence-electron chi connectivity index (χ3n) is 2.94. The Balaban J connectivity index is 1.92. The van der Waals surface area contributed by atoms with Crippen LogP contribution in [0, 0.1) is 0 Å². The van der Waals surface area contributed by atoms with E-state index in [9.17, 15) is 4.79 Å². The van der Waals surface area contributed by atoms with Crippen LogP contribution in [0.15, 0.2) is 64.7 Å². The minimum absolute atomic E-state index is 0.297. The van der Waals surface area contributed by atoms with E-state index >= 15 is 0 Å². The van der Waals surface area contributed by atoms with Gasteiger partial charge in [-0.3, -0.25) is 0 Å². The topological polar surface area (TPSA) is 50.4 Å². The second-order valence-corrected chi connectivity index (χ2v) is 6.12. The van der Waals surface area contributed by atoms with E-state index in [0.29, 0.717) is 18.0 Å².